The highest BCUT2D eigenvalue weighted by Crippen LogP contribution is 2.29. The summed E-state index contributed by atoms with van der Waals surface area (Å²) in [6.07, 6.45) is -0.0702. The first-order valence-corrected chi connectivity index (χ1v) is 9.38. The Morgan fingerprint density at radius 2 is 2.14 bits per heavy atom. The Bertz CT molecular complexity index is 841. The molecule has 7 nitrogen and oxygen atoms in total. The lowest BCUT2D eigenvalue weighted by molar-refractivity contribution is -0.137. The number of hydrazine groups is 1. The summed E-state index contributed by atoms with van der Waals surface area (Å²) < 4.78 is 52.1. The first kappa shape index (κ1) is 22.7. The van der Waals surface area contributed by atoms with E-state index in [1.807, 2.05) is 0 Å². The lowest BCUT2D eigenvalue weighted by atomic mass is 10.1. The van der Waals surface area contributed by atoms with Gasteiger partial charge in [-0.25, -0.2) is 10.2 Å². The van der Waals surface area contributed by atoms with Crippen molar-refractivity contribution in [2.24, 2.45) is 5.84 Å². The van der Waals surface area contributed by atoms with Gasteiger partial charge in [0.2, 0.25) is 5.01 Å². The van der Waals surface area contributed by atoms with Crippen molar-refractivity contribution in [3.63, 3.8) is 0 Å². The SMILES string of the molecule is CNC(=O)c1nnc(CCC(F)CN(N)/C=C/Cc2cncc(C(F)(F)F)c2)s1. The maximum atomic E-state index is 14.1. The number of hydrogen-bond acceptors (Lipinski definition) is 7. The van der Waals surface area contributed by atoms with Gasteiger partial charge in [-0.05, 0) is 24.5 Å². The number of carbonyl (C=O) groups is 1. The lowest BCUT2D eigenvalue weighted by Crippen LogP contribution is -2.32. The first-order chi connectivity index (χ1) is 13.7. The molecule has 2 rings (SSSR count). The van der Waals surface area contributed by atoms with Crippen molar-refractivity contribution in [2.45, 2.75) is 31.6 Å². The van der Waals surface area contributed by atoms with Crippen LogP contribution in [0, 0.1) is 0 Å². The van der Waals surface area contributed by atoms with Crippen LogP contribution < -0.4 is 11.2 Å². The smallest absolute Gasteiger partial charge is 0.353 e. The number of nitrogens with one attached hydrogen (secondary N) is 1. The highest BCUT2D eigenvalue weighted by molar-refractivity contribution is 7.13. The van der Waals surface area contributed by atoms with Crippen LogP contribution in [-0.2, 0) is 19.0 Å². The number of hydrogen-bond donors (Lipinski definition) is 2. The summed E-state index contributed by atoms with van der Waals surface area (Å²) >= 11 is 1.09. The van der Waals surface area contributed by atoms with Gasteiger partial charge in [-0.2, -0.15) is 13.2 Å². The molecule has 2 aromatic rings. The van der Waals surface area contributed by atoms with Crippen molar-refractivity contribution in [3.8, 4) is 0 Å². The molecular formula is C17H20F4N6OS. The second kappa shape index (κ2) is 10.3. The summed E-state index contributed by atoms with van der Waals surface area (Å²) in [7, 11) is 1.48. The third-order valence-corrected chi connectivity index (χ3v) is 4.72. The molecule has 0 bridgehead atoms. The molecule has 2 heterocycles. The molecule has 158 valence electrons. The van der Waals surface area contributed by atoms with E-state index < -0.39 is 17.9 Å². The molecule has 29 heavy (non-hydrogen) atoms. The van der Waals surface area contributed by atoms with Gasteiger partial charge in [0.15, 0.2) is 0 Å². The van der Waals surface area contributed by atoms with Gasteiger partial charge in [0.1, 0.15) is 11.2 Å². The minimum atomic E-state index is -4.46. The Balaban J connectivity index is 1.77. The number of aromatic nitrogens is 3. The van der Waals surface area contributed by atoms with Gasteiger partial charge >= 0.3 is 6.18 Å². The van der Waals surface area contributed by atoms with Gasteiger partial charge in [0.05, 0.1) is 12.1 Å². The second-order valence-corrected chi connectivity index (χ2v) is 7.14. The van der Waals surface area contributed by atoms with E-state index in [2.05, 4.69) is 20.5 Å². The highest BCUT2D eigenvalue weighted by Gasteiger charge is 2.30. The van der Waals surface area contributed by atoms with Crippen molar-refractivity contribution in [1.82, 2.24) is 25.5 Å². The quantitative estimate of drug-likeness (QED) is 0.359. The molecule has 0 saturated heterocycles. The summed E-state index contributed by atoms with van der Waals surface area (Å²) in [5.74, 6) is 5.35. The molecule has 0 saturated carbocycles. The van der Waals surface area contributed by atoms with E-state index in [4.69, 9.17) is 5.84 Å². The van der Waals surface area contributed by atoms with Crippen LogP contribution in [0.25, 0.3) is 0 Å². The number of pyridine rings is 1. The number of allylic oxidation sites excluding steroid dienone is 1. The van der Waals surface area contributed by atoms with Crippen LogP contribution in [0.1, 0.15) is 32.4 Å². The highest BCUT2D eigenvalue weighted by atomic mass is 32.1. The maximum Gasteiger partial charge on any atom is 0.417 e. The monoisotopic (exact) mass is 432 g/mol. The van der Waals surface area contributed by atoms with Crippen molar-refractivity contribution in [3.05, 3.63) is 51.9 Å². The summed E-state index contributed by atoms with van der Waals surface area (Å²) in [5.41, 5.74) is -0.461. The van der Waals surface area contributed by atoms with Crippen LogP contribution in [-0.4, -0.2) is 45.9 Å². The molecule has 12 heteroatoms. The minimum absolute atomic E-state index is 0.0988. The number of aryl methyl sites for hydroxylation is 1. The Morgan fingerprint density at radius 1 is 1.38 bits per heavy atom. The Labute approximate surface area is 168 Å². The molecule has 0 aromatic carbocycles. The fraction of sp³-hybridized carbons (Fsp3) is 0.412. The van der Waals surface area contributed by atoms with Crippen LogP contribution in [0.2, 0.25) is 0 Å². The second-order valence-electron chi connectivity index (χ2n) is 6.08. The minimum Gasteiger partial charge on any atom is -0.353 e. The van der Waals surface area contributed by atoms with E-state index in [1.54, 1.807) is 0 Å². The molecule has 0 aliphatic heterocycles. The van der Waals surface area contributed by atoms with Crippen molar-refractivity contribution in [2.75, 3.05) is 13.6 Å². The number of alkyl halides is 4. The van der Waals surface area contributed by atoms with Gasteiger partial charge in [-0.15, -0.1) is 10.2 Å². The topological polar surface area (TPSA) is 97.0 Å². The zero-order valence-electron chi connectivity index (χ0n) is 15.5. The van der Waals surface area contributed by atoms with Gasteiger partial charge in [-0.1, -0.05) is 17.4 Å². The molecule has 3 N–H and O–H groups in total. The fourth-order valence-corrected chi connectivity index (χ4v) is 3.09. The number of rotatable bonds is 9. The largest absolute Gasteiger partial charge is 0.417 e. The van der Waals surface area contributed by atoms with E-state index in [0.29, 0.717) is 17.0 Å². The predicted octanol–water partition coefficient (Wildman–Crippen LogP) is 2.51. The van der Waals surface area contributed by atoms with Crippen LogP contribution in [0.4, 0.5) is 17.6 Å². The lowest BCUT2D eigenvalue weighted by Gasteiger charge is -2.16. The zero-order valence-corrected chi connectivity index (χ0v) is 16.3. The van der Waals surface area contributed by atoms with E-state index in [-0.39, 0.29) is 30.3 Å². The van der Waals surface area contributed by atoms with Crippen LogP contribution in [0.3, 0.4) is 0 Å². The number of amides is 1. The maximum absolute atomic E-state index is 14.1. The standard InChI is InChI=1S/C17H20F4N6OS/c1-23-15(28)16-26-25-14(29-16)5-4-13(18)10-27(22)6-2-3-11-7-12(9-24-8-11)17(19,20)21/h2,6-9,13H,3-5,10,22H2,1H3,(H,23,28)/b6-2+. The van der Waals surface area contributed by atoms with Gasteiger partial charge in [-0.3, -0.25) is 9.78 Å². The summed E-state index contributed by atoms with van der Waals surface area (Å²) in [6, 6.07) is 1.01. The number of nitrogens with zero attached hydrogens (tertiary/aromatic N) is 4. The molecule has 1 unspecified atom stereocenters. The van der Waals surface area contributed by atoms with Crippen LogP contribution >= 0.6 is 11.3 Å². The molecule has 1 amide bonds. The Morgan fingerprint density at radius 3 is 2.83 bits per heavy atom. The molecule has 0 radical (unpaired) electrons. The molecule has 0 spiro atoms. The predicted molar refractivity (Wildman–Crippen MR) is 99.5 cm³/mol. The number of nitrogens with two attached hydrogens (primary N) is 1. The molecule has 2 aromatic heterocycles. The van der Waals surface area contributed by atoms with Gasteiger partial charge < -0.3 is 10.3 Å². The Kier molecular flexibility index (Phi) is 8.02. The molecule has 0 aliphatic rings. The average molecular weight is 432 g/mol. The van der Waals surface area contributed by atoms with Crippen molar-refractivity contribution >= 4 is 17.2 Å². The van der Waals surface area contributed by atoms with E-state index in [0.717, 1.165) is 28.6 Å². The molecular weight excluding hydrogens is 412 g/mol. The molecule has 0 fully saturated rings. The van der Waals surface area contributed by atoms with Crippen LogP contribution in [0.5, 0.6) is 0 Å². The Hall–Kier alpha value is -2.60. The molecule has 0 aliphatic carbocycles. The van der Waals surface area contributed by atoms with Gasteiger partial charge in [0, 0.05) is 32.1 Å². The van der Waals surface area contributed by atoms with Crippen LogP contribution in [0.15, 0.2) is 30.7 Å². The third kappa shape index (κ3) is 7.38. The fourth-order valence-electron chi connectivity index (χ4n) is 2.29. The van der Waals surface area contributed by atoms with Gasteiger partial charge in [0.25, 0.3) is 5.91 Å². The van der Waals surface area contributed by atoms with Crippen molar-refractivity contribution in [1.29, 1.82) is 0 Å². The average Bonchev–Trinajstić information content (AvgIpc) is 3.14. The summed E-state index contributed by atoms with van der Waals surface area (Å²) in [4.78, 5) is 15.0. The van der Waals surface area contributed by atoms with E-state index in [9.17, 15) is 22.4 Å². The molecule has 1 atom stereocenters. The number of carbonyl (C=O) groups excluding carboxylic acids is 1. The van der Waals surface area contributed by atoms with E-state index in [1.165, 1.54) is 25.5 Å². The van der Waals surface area contributed by atoms with E-state index >= 15 is 0 Å². The summed E-state index contributed by atoms with van der Waals surface area (Å²) in [5, 5.41) is 11.9. The third-order valence-electron chi connectivity index (χ3n) is 3.74. The van der Waals surface area contributed by atoms with Crippen molar-refractivity contribution < 1.29 is 22.4 Å². The zero-order chi connectivity index (χ0) is 21.4. The summed E-state index contributed by atoms with van der Waals surface area (Å²) in [6.45, 7) is -0.0988. The normalized spacial score (nSPS) is 12.9. The first-order valence-electron chi connectivity index (χ1n) is 8.56. The number of halogens is 4.